The molecule has 1 aromatic heterocycles. The van der Waals surface area contributed by atoms with Gasteiger partial charge in [0.25, 0.3) is 0 Å². The fourth-order valence-corrected chi connectivity index (χ4v) is 2.86. The van der Waals surface area contributed by atoms with E-state index in [1.54, 1.807) is 6.20 Å². The van der Waals surface area contributed by atoms with Crippen LogP contribution in [0.2, 0.25) is 0 Å². The highest BCUT2D eigenvalue weighted by Crippen LogP contribution is 2.30. The van der Waals surface area contributed by atoms with E-state index in [-0.39, 0.29) is 0 Å². The van der Waals surface area contributed by atoms with Crippen LogP contribution in [0.3, 0.4) is 0 Å². The molecule has 0 unspecified atom stereocenters. The number of rotatable bonds is 7. The molecule has 0 fully saturated rings. The molecule has 1 heterocycles. The Morgan fingerprint density at radius 3 is 2.63 bits per heavy atom. The molecule has 0 atom stereocenters. The number of benzene rings is 2. The van der Waals surface area contributed by atoms with Gasteiger partial charge >= 0.3 is 0 Å². The van der Waals surface area contributed by atoms with E-state index < -0.39 is 0 Å². The molecule has 0 radical (unpaired) electrons. The summed E-state index contributed by atoms with van der Waals surface area (Å²) in [5.74, 6) is 2.21. The zero-order valence-electron chi connectivity index (χ0n) is 16.2. The van der Waals surface area contributed by atoms with Crippen LogP contribution in [0.25, 0.3) is 0 Å². The Hall–Kier alpha value is -3.15. The summed E-state index contributed by atoms with van der Waals surface area (Å²) < 4.78 is 5.65. The van der Waals surface area contributed by atoms with Crippen LogP contribution in [0.4, 0.5) is 23.1 Å². The number of aryl methyl sites for hydroxylation is 1. The first kappa shape index (κ1) is 18.6. The first-order valence-electron chi connectivity index (χ1n) is 9.13. The van der Waals surface area contributed by atoms with Crippen molar-refractivity contribution in [1.29, 1.82) is 0 Å². The van der Waals surface area contributed by atoms with Crippen molar-refractivity contribution in [3.8, 4) is 5.75 Å². The summed E-state index contributed by atoms with van der Waals surface area (Å²) in [7, 11) is 0. The molecule has 0 bridgehead atoms. The molecule has 6 heteroatoms. The Morgan fingerprint density at radius 1 is 1.04 bits per heavy atom. The molecule has 2 aromatic carbocycles. The fourth-order valence-electron chi connectivity index (χ4n) is 2.86. The van der Waals surface area contributed by atoms with Crippen LogP contribution in [0.1, 0.15) is 37.8 Å². The predicted molar refractivity (Wildman–Crippen MR) is 109 cm³/mol. The first-order valence-corrected chi connectivity index (χ1v) is 9.13. The lowest BCUT2D eigenvalue weighted by Crippen LogP contribution is -2.06. The number of anilines is 4. The third-order valence-electron chi connectivity index (χ3n) is 4.17. The van der Waals surface area contributed by atoms with E-state index in [1.807, 2.05) is 31.2 Å². The summed E-state index contributed by atoms with van der Waals surface area (Å²) >= 11 is 0. The second-order valence-corrected chi connectivity index (χ2v) is 6.54. The van der Waals surface area contributed by atoms with Crippen molar-refractivity contribution < 1.29 is 4.74 Å². The molecule has 140 valence electrons. The van der Waals surface area contributed by atoms with E-state index in [0.29, 0.717) is 24.3 Å². The van der Waals surface area contributed by atoms with Crippen molar-refractivity contribution in [2.24, 2.45) is 0 Å². The molecule has 0 spiro atoms. The van der Waals surface area contributed by atoms with Crippen molar-refractivity contribution in [1.82, 2.24) is 15.2 Å². The van der Waals surface area contributed by atoms with Gasteiger partial charge in [-0.05, 0) is 43.0 Å². The Labute approximate surface area is 160 Å². The number of hydrogen-bond donors (Lipinski definition) is 2. The smallest absolute Gasteiger partial charge is 0.249 e. The van der Waals surface area contributed by atoms with E-state index in [1.165, 1.54) is 5.56 Å². The highest BCUT2D eigenvalue weighted by atomic mass is 16.5. The maximum Gasteiger partial charge on any atom is 0.249 e. The van der Waals surface area contributed by atoms with Gasteiger partial charge < -0.3 is 15.4 Å². The summed E-state index contributed by atoms with van der Waals surface area (Å²) in [6.07, 6.45) is 1.59. The van der Waals surface area contributed by atoms with Gasteiger partial charge in [0.15, 0.2) is 5.82 Å². The number of aromatic nitrogens is 3. The topological polar surface area (TPSA) is 72.0 Å². The molecule has 3 rings (SSSR count). The van der Waals surface area contributed by atoms with Crippen molar-refractivity contribution >= 4 is 23.1 Å². The van der Waals surface area contributed by atoms with Crippen LogP contribution < -0.4 is 15.4 Å². The predicted octanol–water partition coefficient (Wildman–Crippen LogP) is 5.19. The molecular formula is C21H25N5O. The van der Waals surface area contributed by atoms with E-state index in [0.717, 1.165) is 22.7 Å². The van der Waals surface area contributed by atoms with E-state index in [9.17, 15) is 0 Å². The minimum Gasteiger partial charge on any atom is -0.492 e. The number of nitrogens with one attached hydrogen (secondary N) is 2. The minimum atomic E-state index is 0.389. The summed E-state index contributed by atoms with van der Waals surface area (Å²) in [6.45, 7) is 8.96. The molecule has 0 aliphatic carbocycles. The molecule has 0 aliphatic heterocycles. The van der Waals surface area contributed by atoms with Gasteiger partial charge in [-0.25, -0.2) is 0 Å². The van der Waals surface area contributed by atoms with Crippen LogP contribution in [-0.2, 0) is 0 Å². The largest absolute Gasteiger partial charge is 0.492 e. The van der Waals surface area contributed by atoms with Crippen molar-refractivity contribution in [3.63, 3.8) is 0 Å². The zero-order valence-corrected chi connectivity index (χ0v) is 16.2. The van der Waals surface area contributed by atoms with Crippen molar-refractivity contribution in [2.75, 3.05) is 17.2 Å². The Morgan fingerprint density at radius 2 is 1.85 bits per heavy atom. The molecule has 0 aliphatic rings. The van der Waals surface area contributed by atoms with Crippen molar-refractivity contribution in [2.45, 2.75) is 33.6 Å². The lowest BCUT2D eigenvalue weighted by atomic mass is 9.98. The van der Waals surface area contributed by atoms with Gasteiger partial charge in [0.05, 0.1) is 18.5 Å². The number of nitrogens with zero attached hydrogens (tertiary/aromatic N) is 3. The minimum absolute atomic E-state index is 0.389. The maximum atomic E-state index is 5.65. The second kappa shape index (κ2) is 8.49. The van der Waals surface area contributed by atoms with Crippen LogP contribution in [-0.4, -0.2) is 21.8 Å². The van der Waals surface area contributed by atoms with Crippen molar-refractivity contribution in [3.05, 3.63) is 59.8 Å². The summed E-state index contributed by atoms with van der Waals surface area (Å²) in [4.78, 5) is 4.55. The van der Waals surface area contributed by atoms with Gasteiger partial charge in [-0.15, -0.1) is 5.10 Å². The van der Waals surface area contributed by atoms with E-state index in [2.05, 4.69) is 64.8 Å². The van der Waals surface area contributed by atoms with Gasteiger partial charge in [0.2, 0.25) is 5.95 Å². The highest BCUT2D eigenvalue weighted by molar-refractivity contribution is 5.66. The lowest BCUT2D eigenvalue weighted by molar-refractivity contribution is 0.342. The average Bonchev–Trinajstić information content (AvgIpc) is 2.65. The molecule has 6 nitrogen and oxygen atoms in total. The Balaban J connectivity index is 1.86. The summed E-state index contributed by atoms with van der Waals surface area (Å²) in [5.41, 5.74) is 4.23. The number of hydrogen-bond acceptors (Lipinski definition) is 6. The molecule has 27 heavy (non-hydrogen) atoms. The van der Waals surface area contributed by atoms with Gasteiger partial charge in [-0.1, -0.05) is 44.2 Å². The SMILES string of the molecule is CCOc1ccccc1Nc1cnnc(Nc2c(C)cccc2C(C)C)n1. The monoisotopic (exact) mass is 363 g/mol. The normalized spacial score (nSPS) is 10.7. The lowest BCUT2D eigenvalue weighted by Gasteiger charge is -2.16. The van der Waals surface area contributed by atoms with Gasteiger partial charge in [-0.3, -0.25) is 0 Å². The first-order chi connectivity index (χ1) is 13.1. The van der Waals surface area contributed by atoms with Crippen LogP contribution in [0.5, 0.6) is 5.75 Å². The standard InChI is InChI=1S/C21H25N5O/c1-5-27-18-12-7-6-11-17(18)23-19-13-22-26-21(24-19)25-20-15(4)9-8-10-16(20)14(2)3/h6-14H,5H2,1-4H3,(H2,23,24,25,26). The molecular weight excluding hydrogens is 338 g/mol. The van der Waals surface area contributed by atoms with Crippen LogP contribution >= 0.6 is 0 Å². The molecule has 3 aromatic rings. The average molecular weight is 363 g/mol. The molecule has 2 N–H and O–H groups in total. The molecule has 0 amide bonds. The van der Waals surface area contributed by atoms with Crippen LogP contribution in [0, 0.1) is 6.92 Å². The molecule has 0 saturated heterocycles. The summed E-state index contributed by atoms with van der Waals surface area (Å²) in [6, 6.07) is 14.0. The van der Waals surface area contributed by atoms with Gasteiger partial charge in [0, 0.05) is 5.69 Å². The van der Waals surface area contributed by atoms with Gasteiger partial charge in [0.1, 0.15) is 5.75 Å². The van der Waals surface area contributed by atoms with E-state index in [4.69, 9.17) is 4.74 Å². The third kappa shape index (κ3) is 4.53. The summed E-state index contributed by atoms with van der Waals surface area (Å²) in [5, 5.41) is 14.8. The maximum absolute atomic E-state index is 5.65. The zero-order chi connectivity index (χ0) is 19.2. The quantitative estimate of drug-likeness (QED) is 0.602. The van der Waals surface area contributed by atoms with Crippen LogP contribution in [0.15, 0.2) is 48.7 Å². The van der Waals surface area contributed by atoms with Gasteiger partial charge in [-0.2, -0.15) is 10.1 Å². The number of ether oxygens (including phenoxy) is 1. The highest BCUT2D eigenvalue weighted by Gasteiger charge is 2.11. The van der Waals surface area contributed by atoms with E-state index >= 15 is 0 Å². The Kier molecular flexibility index (Phi) is 5.86. The number of para-hydroxylation sites is 3. The molecule has 0 saturated carbocycles. The second-order valence-electron chi connectivity index (χ2n) is 6.54. The Bertz CT molecular complexity index is 911. The third-order valence-corrected chi connectivity index (χ3v) is 4.17. The fraction of sp³-hybridized carbons (Fsp3) is 0.286.